The Bertz CT molecular complexity index is 947. The Labute approximate surface area is 162 Å². The smallest absolute Gasteiger partial charge is 0.255 e. The van der Waals surface area contributed by atoms with E-state index in [1.807, 2.05) is 41.0 Å². The molecule has 2 aromatic heterocycles. The number of rotatable bonds is 3. The number of hydrogen-bond donors (Lipinski definition) is 0. The zero-order chi connectivity index (χ0) is 19.0. The van der Waals surface area contributed by atoms with Gasteiger partial charge in [0.15, 0.2) is 0 Å². The van der Waals surface area contributed by atoms with E-state index < -0.39 is 0 Å². The fourth-order valence-corrected chi connectivity index (χ4v) is 4.70. The van der Waals surface area contributed by atoms with Crippen LogP contribution in [-0.2, 0) is 0 Å². The normalized spacial score (nSPS) is 17.3. The molecule has 1 amide bonds. The number of likely N-dealkylation sites (tertiary alicyclic amines) is 1. The second kappa shape index (κ2) is 7.27. The summed E-state index contributed by atoms with van der Waals surface area (Å²) in [7, 11) is 0. The minimum atomic E-state index is -0.265. The van der Waals surface area contributed by atoms with Crippen molar-refractivity contribution in [3.05, 3.63) is 69.7 Å². The van der Waals surface area contributed by atoms with E-state index in [9.17, 15) is 9.18 Å². The molecule has 1 unspecified atom stereocenters. The van der Waals surface area contributed by atoms with E-state index >= 15 is 0 Å². The van der Waals surface area contributed by atoms with Crippen LogP contribution in [0.1, 0.15) is 45.5 Å². The summed E-state index contributed by atoms with van der Waals surface area (Å²) in [6.07, 6.45) is 3.90. The van der Waals surface area contributed by atoms with E-state index in [-0.39, 0.29) is 11.7 Å². The summed E-state index contributed by atoms with van der Waals surface area (Å²) in [6, 6.07) is 8.30. The number of hydrogen-bond acceptors (Lipinski definition) is 3. The third-order valence-corrected chi connectivity index (χ3v) is 6.19. The molecule has 1 aliphatic heterocycles. The van der Waals surface area contributed by atoms with Gasteiger partial charge in [0, 0.05) is 47.7 Å². The van der Waals surface area contributed by atoms with Crippen molar-refractivity contribution in [2.75, 3.05) is 13.1 Å². The molecule has 4 nitrogen and oxygen atoms in total. The van der Waals surface area contributed by atoms with Crippen LogP contribution in [0.15, 0.2) is 41.9 Å². The summed E-state index contributed by atoms with van der Waals surface area (Å²) < 4.78 is 15.3. The molecule has 0 bridgehead atoms. The summed E-state index contributed by atoms with van der Waals surface area (Å²) in [4.78, 5) is 19.6. The van der Waals surface area contributed by atoms with Gasteiger partial charge < -0.3 is 9.47 Å². The van der Waals surface area contributed by atoms with Crippen LogP contribution in [0.2, 0.25) is 0 Å². The van der Waals surface area contributed by atoms with Crippen molar-refractivity contribution >= 4 is 17.2 Å². The predicted molar refractivity (Wildman–Crippen MR) is 105 cm³/mol. The topological polar surface area (TPSA) is 38.1 Å². The van der Waals surface area contributed by atoms with E-state index in [2.05, 4.69) is 4.98 Å². The molecule has 0 radical (unpaired) electrons. The van der Waals surface area contributed by atoms with Crippen molar-refractivity contribution in [3.8, 4) is 5.69 Å². The lowest BCUT2D eigenvalue weighted by molar-refractivity contribution is 0.0706. The number of aromatic nitrogens is 2. The zero-order valence-corrected chi connectivity index (χ0v) is 16.3. The summed E-state index contributed by atoms with van der Waals surface area (Å²) in [5.41, 5.74) is 3.44. The second-order valence-electron chi connectivity index (χ2n) is 7.06. The number of aryl methyl sites for hydroxylation is 1. The van der Waals surface area contributed by atoms with Gasteiger partial charge in [-0.05, 0) is 57.0 Å². The average molecular weight is 383 g/mol. The van der Waals surface area contributed by atoms with Crippen LogP contribution in [-0.4, -0.2) is 33.4 Å². The molecular weight excluding hydrogens is 361 g/mol. The fourth-order valence-electron chi connectivity index (χ4n) is 3.94. The van der Waals surface area contributed by atoms with Gasteiger partial charge in [-0.25, -0.2) is 9.37 Å². The molecule has 1 atom stereocenters. The number of carbonyl (C=O) groups excluding carboxylic acids is 1. The maximum Gasteiger partial charge on any atom is 0.255 e. The highest BCUT2D eigenvalue weighted by Crippen LogP contribution is 2.30. The third kappa shape index (κ3) is 3.41. The molecule has 1 aromatic carbocycles. The summed E-state index contributed by atoms with van der Waals surface area (Å²) in [5.74, 6) is 0.125. The van der Waals surface area contributed by atoms with E-state index in [1.54, 1.807) is 23.5 Å². The van der Waals surface area contributed by atoms with Crippen molar-refractivity contribution in [2.45, 2.75) is 32.6 Å². The lowest BCUT2D eigenvalue weighted by Crippen LogP contribution is -2.39. The van der Waals surface area contributed by atoms with E-state index in [1.165, 1.54) is 12.1 Å². The van der Waals surface area contributed by atoms with Gasteiger partial charge in [-0.15, -0.1) is 11.3 Å². The van der Waals surface area contributed by atoms with E-state index in [0.717, 1.165) is 47.0 Å². The lowest BCUT2D eigenvalue weighted by atomic mass is 9.98. The number of benzene rings is 1. The first-order chi connectivity index (χ1) is 13.0. The second-order valence-corrected chi connectivity index (χ2v) is 7.98. The molecule has 0 aliphatic carbocycles. The number of carbonyl (C=O) groups is 1. The molecule has 3 aromatic rings. The Hall–Kier alpha value is -2.47. The van der Waals surface area contributed by atoms with Crippen molar-refractivity contribution in [1.29, 1.82) is 0 Å². The molecular formula is C21H22FN3OS. The minimum absolute atomic E-state index is 0.0673. The van der Waals surface area contributed by atoms with Crippen molar-refractivity contribution in [3.63, 3.8) is 0 Å². The number of thiazole rings is 1. The Balaban J connectivity index is 1.60. The van der Waals surface area contributed by atoms with Crippen molar-refractivity contribution in [1.82, 2.24) is 14.5 Å². The molecule has 140 valence electrons. The van der Waals surface area contributed by atoms with Crippen molar-refractivity contribution in [2.24, 2.45) is 0 Å². The van der Waals surface area contributed by atoms with Crippen LogP contribution in [0.4, 0.5) is 4.39 Å². The molecule has 0 spiro atoms. The molecule has 3 heterocycles. The molecule has 0 saturated carbocycles. The molecule has 1 aliphatic rings. The zero-order valence-electron chi connectivity index (χ0n) is 15.5. The number of amides is 1. The molecule has 1 saturated heterocycles. The van der Waals surface area contributed by atoms with Crippen LogP contribution >= 0.6 is 11.3 Å². The van der Waals surface area contributed by atoms with Gasteiger partial charge in [0.25, 0.3) is 5.91 Å². The fraction of sp³-hybridized carbons (Fsp3) is 0.333. The standard InChI is InChI=1S/C21H22FN3OS/c1-14-12-19(15(2)25(14)18-7-5-17(22)6-8-18)21(26)24-10-3-4-16(13-24)20-23-9-11-27-20/h5-9,11-12,16H,3-4,10,13H2,1-2H3. The molecule has 6 heteroatoms. The van der Waals surface area contributed by atoms with Gasteiger partial charge in [-0.3, -0.25) is 4.79 Å². The van der Waals surface area contributed by atoms with Gasteiger partial charge in [-0.1, -0.05) is 0 Å². The first-order valence-electron chi connectivity index (χ1n) is 9.18. The van der Waals surface area contributed by atoms with E-state index in [0.29, 0.717) is 12.5 Å². The monoisotopic (exact) mass is 383 g/mol. The average Bonchev–Trinajstić information content (AvgIpc) is 3.31. The Morgan fingerprint density at radius 1 is 1.26 bits per heavy atom. The van der Waals surface area contributed by atoms with Crippen molar-refractivity contribution < 1.29 is 9.18 Å². The summed E-state index contributed by atoms with van der Waals surface area (Å²) in [5, 5.41) is 3.11. The van der Waals surface area contributed by atoms with Gasteiger partial charge >= 0.3 is 0 Å². The quantitative estimate of drug-likeness (QED) is 0.657. The van der Waals surface area contributed by atoms with Gasteiger partial charge in [0.1, 0.15) is 5.82 Å². The third-order valence-electron chi connectivity index (χ3n) is 5.26. The largest absolute Gasteiger partial charge is 0.338 e. The van der Waals surface area contributed by atoms with Crippen LogP contribution in [0.3, 0.4) is 0 Å². The number of piperidine rings is 1. The molecule has 0 N–H and O–H groups in total. The first-order valence-corrected chi connectivity index (χ1v) is 10.1. The Kier molecular flexibility index (Phi) is 4.83. The number of nitrogens with zero attached hydrogens (tertiary/aromatic N) is 3. The van der Waals surface area contributed by atoms with Crippen LogP contribution in [0.5, 0.6) is 0 Å². The lowest BCUT2D eigenvalue weighted by Gasteiger charge is -2.32. The molecule has 4 rings (SSSR count). The first kappa shape index (κ1) is 17.9. The minimum Gasteiger partial charge on any atom is -0.338 e. The SMILES string of the molecule is Cc1cc(C(=O)N2CCCC(c3nccs3)C2)c(C)n1-c1ccc(F)cc1. The highest BCUT2D eigenvalue weighted by atomic mass is 32.1. The highest BCUT2D eigenvalue weighted by Gasteiger charge is 2.28. The van der Waals surface area contributed by atoms with Gasteiger partial charge in [-0.2, -0.15) is 0 Å². The number of halogens is 1. The van der Waals surface area contributed by atoms with Gasteiger partial charge in [0.05, 0.1) is 10.6 Å². The van der Waals surface area contributed by atoms with Crippen LogP contribution in [0, 0.1) is 19.7 Å². The maximum absolute atomic E-state index is 13.3. The summed E-state index contributed by atoms with van der Waals surface area (Å²) in [6.45, 7) is 5.42. The highest BCUT2D eigenvalue weighted by molar-refractivity contribution is 7.09. The predicted octanol–water partition coefficient (Wildman–Crippen LogP) is 4.71. The maximum atomic E-state index is 13.3. The Morgan fingerprint density at radius 3 is 2.74 bits per heavy atom. The van der Waals surface area contributed by atoms with E-state index in [4.69, 9.17) is 0 Å². The van der Waals surface area contributed by atoms with Gasteiger partial charge in [0.2, 0.25) is 0 Å². The van der Waals surface area contributed by atoms with Crippen LogP contribution < -0.4 is 0 Å². The van der Waals surface area contributed by atoms with Crippen LogP contribution in [0.25, 0.3) is 5.69 Å². The molecule has 27 heavy (non-hydrogen) atoms. The summed E-state index contributed by atoms with van der Waals surface area (Å²) >= 11 is 1.66. The Morgan fingerprint density at radius 2 is 2.04 bits per heavy atom. The molecule has 1 fully saturated rings.